The molecule has 3 aromatic carbocycles. The Morgan fingerprint density at radius 1 is 0.833 bits per heavy atom. The fourth-order valence-corrected chi connectivity index (χ4v) is 6.31. The van der Waals surface area contributed by atoms with Gasteiger partial charge in [0.25, 0.3) is 0 Å². The Labute approximate surface area is 175 Å². The van der Waals surface area contributed by atoms with Crippen molar-refractivity contribution < 1.29 is 26.0 Å². The molecule has 0 bridgehead atoms. The van der Waals surface area contributed by atoms with Crippen LogP contribution in [0.4, 0.5) is 4.39 Å². The first kappa shape index (κ1) is 21.9. The SMILES string of the molecule is COc1ccc(S(=O)(=O)c2ccc([C@H](C)N)cc2)c(S(=O)(=O)c2ccccc2F)c1. The minimum Gasteiger partial charge on any atom is -0.497 e. The third-order valence-electron chi connectivity index (χ3n) is 4.57. The maximum Gasteiger partial charge on any atom is 0.210 e. The van der Waals surface area contributed by atoms with Gasteiger partial charge in [-0.3, -0.25) is 0 Å². The second-order valence-electron chi connectivity index (χ2n) is 6.61. The lowest BCUT2D eigenvalue weighted by molar-refractivity contribution is 0.412. The molecule has 0 amide bonds. The fraction of sp³-hybridized carbons (Fsp3) is 0.143. The van der Waals surface area contributed by atoms with E-state index in [0.717, 1.165) is 29.8 Å². The molecule has 30 heavy (non-hydrogen) atoms. The van der Waals surface area contributed by atoms with Gasteiger partial charge in [0.2, 0.25) is 19.7 Å². The van der Waals surface area contributed by atoms with Crippen LogP contribution >= 0.6 is 0 Å². The van der Waals surface area contributed by atoms with Crippen molar-refractivity contribution in [2.45, 2.75) is 32.5 Å². The summed E-state index contributed by atoms with van der Waals surface area (Å²) in [5.41, 5.74) is 6.52. The summed E-state index contributed by atoms with van der Waals surface area (Å²) in [4.78, 5) is -1.77. The Morgan fingerprint density at radius 2 is 1.47 bits per heavy atom. The molecule has 6 nitrogen and oxygen atoms in total. The standard InChI is InChI=1S/C21H20FNO5S2/c1-14(23)15-7-10-17(11-8-15)29(24,25)20-12-9-16(28-2)13-21(20)30(26,27)19-6-4-3-5-18(19)22/h3-14H,23H2,1-2H3/t14-/m0/s1. The van der Waals surface area contributed by atoms with Crippen molar-refractivity contribution in [1.29, 1.82) is 0 Å². The first-order chi connectivity index (χ1) is 14.1. The second kappa shape index (κ2) is 8.17. The van der Waals surface area contributed by atoms with E-state index in [1.165, 1.54) is 37.4 Å². The molecule has 0 saturated carbocycles. The molecule has 0 aliphatic heterocycles. The van der Waals surface area contributed by atoms with Crippen molar-refractivity contribution in [1.82, 2.24) is 0 Å². The molecule has 0 fully saturated rings. The van der Waals surface area contributed by atoms with Crippen LogP contribution in [0, 0.1) is 5.82 Å². The van der Waals surface area contributed by atoms with Crippen LogP contribution in [0.3, 0.4) is 0 Å². The van der Waals surface area contributed by atoms with Gasteiger partial charge >= 0.3 is 0 Å². The molecular formula is C21H20FNO5S2. The first-order valence-corrected chi connectivity index (χ1v) is 11.8. The largest absolute Gasteiger partial charge is 0.497 e. The van der Waals surface area contributed by atoms with Crippen LogP contribution in [0.2, 0.25) is 0 Å². The van der Waals surface area contributed by atoms with Gasteiger partial charge in [-0.15, -0.1) is 0 Å². The number of benzene rings is 3. The molecule has 3 rings (SSSR count). The number of sulfone groups is 2. The average molecular weight is 450 g/mol. The molecule has 0 aliphatic carbocycles. The number of methoxy groups -OCH3 is 1. The molecule has 9 heteroatoms. The minimum absolute atomic E-state index is 0.109. The van der Waals surface area contributed by atoms with E-state index in [9.17, 15) is 21.2 Å². The summed E-state index contributed by atoms with van der Waals surface area (Å²) in [6, 6.07) is 13.9. The van der Waals surface area contributed by atoms with Gasteiger partial charge < -0.3 is 10.5 Å². The normalized spacial score (nSPS) is 13.1. The van der Waals surface area contributed by atoms with Crippen molar-refractivity contribution in [3.8, 4) is 5.75 Å². The van der Waals surface area contributed by atoms with E-state index < -0.39 is 40.2 Å². The van der Waals surface area contributed by atoms with Crippen molar-refractivity contribution in [2.75, 3.05) is 7.11 Å². The maximum atomic E-state index is 14.3. The monoisotopic (exact) mass is 449 g/mol. The zero-order valence-corrected chi connectivity index (χ0v) is 17.9. The molecular weight excluding hydrogens is 429 g/mol. The molecule has 1 atom stereocenters. The summed E-state index contributed by atoms with van der Waals surface area (Å²) >= 11 is 0. The molecule has 0 aromatic heterocycles. The van der Waals surface area contributed by atoms with Gasteiger partial charge in [-0.05, 0) is 48.9 Å². The lowest BCUT2D eigenvalue weighted by Gasteiger charge is -2.14. The van der Waals surface area contributed by atoms with Crippen molar-refractivity contribution >= 4 is 19.7 Å². The molecule has 158 valence electrons. The Bertz CT molecular complexity index is 1290. The van der Waals surface area contributed by atoms with Crippen LogP contribution in [0.1, 0.15) is 18.5 Å². The quantitative estimate of drug-likeness (QED) is 0.618. The van der Waals surface area contributed by atoms with Gasteiger partial charge in [-0.1, -0.05) is 24.3 Å². The van der Waals surface area contributed by atoms with E-state index in [-0.39, 0.29) is 16.7 Å². The average Bonchev–Trinajstić information content (AvgIpc) is 2.73. The number of ether oxygens (including phenoxy) is 1. The topological polar surface area (TPSA) is 104 Å². The van der Waals surface area contributed by atoms with E-state index in [0.29, 0.717) is 0 Å². The van der Waals surface area contributed by atoms with Crippen LogP contribution in [0.5, 0.6) is 5.75 Å². The molecule has 0 unspecified atom stereocenters. The summed E-state index contributed by atoms with van der Waals surface area (Å²) < 4.78 is 72.2. The molecule has 2 N–H and O–H groups in total. The highest BCUT2D eigenvalue weighted by atomic mass is 32.2. The summed E-state index contributed by atoms with van der Waals surface area (Å²) in [6.07, 6.45) is 0. The summed E-state index contributed by atoms with van der Waals surface area (Å²) in [5.74, 6) is -0.860. The number of rotatable bonds is 6. The molecule has 0 heterocycles. The predicted molar refractivity (Wildman–Crippen MR) is 109 cm³/mol. The maximum absolute atomic E-state index is 14.3. The minimum atomic E-state index is -4.50. The third kappa shape index (κ3) is 3.96. The first-order valence-electron chi connectivity index (χ1n) is 8.87. The Hall–Kier alpha value is -2.75. The van der Waals surface area contributed by atoms with Gasteiger partial charge in [-0.2, -0.15) is 0 Å². The smallest absolute Gasteiger partial charge is 0.210 e. The summed E-state index contributed by atoms with van der Waals surface area (Å²) in [7, 11) is -7.42. The Balaban J connectivity index is 2.25. The van der Waals surface area contributed by atoms with E-state index in [1.807, 2.05) is 0 Å². The van der Waals surface area contributed by atoms with Crippen LogP contribution in [0.15, 0.2) is 86.3 Å². The van der Waals surface area contributed by atoms with Crippen LogP contribution in [-0.2, 0) is 19.7 Å². The highest BCUT2D eigenvalue weighted by Gasteiger charge is 2.31. The van der Waals surface area contributed by atoms with Gasteiger partial charge in [0.05, 0.1) is 21.8 Å². The van der Waals surface area contributed by atoms with E-state index in [1.54, 1.807) is 19.1 Å². The van der Waals surface area contributed by atoms with Gasteiger partial charge in [-0.25, -0.2) is 21.2 Å². The van der Waals surface area contributed by atoms with Crippen molar-refractivity contribution in [3.05, 3.63) is 78.1 Å². The zero-order chi connectivity index (χ0) is 22.1. The number of hydrogen-bond donors (Lipinski definition) is 1. The van der Waals surface area contributed by atoms with Crippen LogP contribution in [-0.4, -0.2) is 23.9 Å². The molecule has 0 aliphatic rings. The predicted octanol–water partition coefficient (Wildman–Crippen LogP) is 3.52. The number of halogens is 1. The summed E-state index contributed by atoms with van der Waals surface area (Å²) in [6.45, 7) is 1.76. The van der Waals surface area contributed by atoms with Crippen LogP contribution in [0.25, 0.3) is 0 Å². The Morgan fingerprint density at radius 3 is 2.03 bits per heavy atom. The fourth-order valence-electron chi connectivity index (χ4n) is 2.91. The van der Waals surface area contributed by atoms with Gasteiger partial charge in [0.15, 0.2) is 0 Å². The number of nitrogens with two attached hydrogens (primary N) is 1. The van der Waals surface area contributed by atoms with Crippen molar-refractivity contribution in [3.63, 3.8) is 0 Å². The van der Waals surface area contributed by atoms with E-state index >= 15 is 0 Å². The molecule has 0 spiro atoms. The highest BCUT2D eigenvalue weighted by molar-refractivity contribution is 7.94. The number of hydrogen-bond acceptors (Lipinski definition) is 6. The Kier molecular flexibility index (Phi) is 5.98. The van der Waals surface area contributed by atoms with E-state index in [4.69, 9.17) is 10.5 Å². The lowest BCUT2D eigenvalue weighted by Crippen LogP contribution is -2.12. The second-order valence-corrected chi connectivity index (χ2v) is 10.4. The zero-order valence-electron chi connectivity index (χ0n) is 16.2. The molecule has 0 radical (unpaired) electrons. The van der Waals surface area contributed by atoms with Gasteiger partial charge in [0, 0.05) is 12.1 Å². The van der Waals surface area contributed by atoms with Crippen LogP contribution < -0.4 is 10.5 Å². The van der Waals surface area contributed by atoms with E-state index in [2.05, 4.69) is 0 Å². The highest BCUT2D eigenvalue weighted by Crippen LogP contribution is 2.34. The third-order valence-corrected chi connectivity index (χ3v) is 8.36. The molecule has 0 saturated heterocycles. The summed E-state index contributed by atoms with van der Waals surface area (Å²) in [5, 5.41) is 0. The molecule has 3 aromatic rings. The lowest BCUT2D eigenvalue weighted by atomic mass is 10.1. The van der Waals surface area contributed by atoms with Gasteiger partial charge in [0.1, 0.15) is 16.5 Å². The van der Waals surface area contributed by atoms with Crippen molar-refractivity contribution in [2.24, 2.45) is 5.73 Å².